The lowest BCUT2D eigenvalue weighted by atomic mass is 9.81. The Morgan fingerprint density at radius 1 is 0.458 bits per heavy atom. The molecule has 0 unspecified atom stereocenters. The number of hydrogen-bond donors (Lipinski definition) is 0. The van der Waals surface area contributed by atoms with Crippen molar-refractivity contribution in [2.24, 2.45) is 0 Å². The topological polar surface area (TPSA) is 100 Å². The van der Waals surface area contributed by atoms with Crippen molar-refractivity contribution < 1.29 is 45.6 Å². The first kappa shape index (κ1) is 53.8. The largest absolute Gasteiger partial charge is 0.497 e. The Labute approximate surface area is 429 Å². The molecule has 0 saturated heterocycles. The molecule has 10 nitrogen and oxygen atoms in total. The Balaban J connectivity index is 1.50. The third-order valence-electron chi connectivity index (χ3n) is 12.6. The summed E-state index contributed by atoms with van der Waals surface area (Å²) in [7, 11) is 2.98. The molecule has 0 aliphatic heterocycles. The average Bonchev–Trinajstić information content (AvgIpc) is 3.46. The van der Waals surface area contributed by atoms with Crippen molar-refractivity contribution in [3.05, 3.63) is 130 Å². The van der Waals surface area contributed by atoms with E-state index in [0.717, 1.165) is 61.2 Å². The molecule has 7 rings (SSSR count). The summed E-state index contributed by atoms with van der Waals surface area (Å²) in [5.74, 6) is 5.45. The molecule has 0 aliphatic carbocycles. The fourth-order valence-electron chi connectivity index (χ4n) is 8.51. The number of para-hydroxylation sites is 2. The highest BCUT2D eigenvalue weighted by atomic mass is 31.2. The molecule has 0 saturated carbocycles. The first-order valence-corrected chi connectivity index (χ1v) is 26.9. The van der Waals surface area contributed by atoms with Crippen molar-refractivity contribution >= 4 is 38.6 Å². The third kappa shape index (κ3) is 11.9. The van der Waals surface area contributed by atoms with Crippen molar-refractivity contribution in [2.45, 2.75) is 119 Å². The van der Waals surface area contributed by atoms with Gasteiger partial charge < -0.3 is 45.6 Å². The molecule has 12 heteroatoms. The molecule has 6 aromatic carbocycles. The number of ether oxygens (including phenoxy) is 5. The summed E-state index contributed by atoms with van der Waals surface area (Å²) in [5, 5.41) is 1.63. The standard InChI is InChI=1S/C60H74O10P2/c1-37-23-19-21-25-51(37)66-71(67-52-26-22-20-24-38(52)2)28-27-65-53-43(29-39(61-15)33-47(53)57(3,4)5)44-30-40(62-16)34-48(58(6,7)8)54(44)68-72-69-55-45(31-41(63-17)35-49(55)59(9,10)11)46-32-42(64-18)36-50(56(46)70-72)60(12,13)14/h19-26,29-36H,27-28H2,1-18H3. The Hall–Kier alpha value is -5.95. The minimum Gasteiger partial charge on any atom is -0.497 e. The summed E-state index contributed by atoms with van der Waals surface area (Å²) in [6, 6.07) is 32.2. The molecule has 384 valence electrons. The first-order valence-electron chi connectivity index (χ1n) is 24.5. The zero-order valence-corrected chi connectivity index (χ0v) is 47.4. The molecule has 0 aliphatic rings. The predicted molar refractivity (Wildman–Crippen MR) is 296 cm³/mol. The molecule has 0 atom stereocenters. The first-order chi connectivity index (χ1) is 33.8. The Morgan fingerprint density at radius 3 is 1.21 bits per heavy atom. The van der Waals surface area contributed by atoms with E-state index in [4.69, 9.17) is 45.6 Å². The van der Waals surface area contributed by atoms with Gasteiger partial charge in [-0.3, -0.25) is 0 Å². The summed E-state index contributed by atoms with van der Waals surface area (Å²) < 4.78 is 66.6. The van der Waals surface area contributed by atoms with Crippen LogP contribution < -0.4 is 37.3 Å². The number of hydrogen-bond acceptors (Lipinski definition) is 10. The van der Waals surface area contributed by atoms with Crippen molar-refractivity contribution in [2.75, 3.05) is 41.2 Å². The van der Waals surface area contributed by atoms with E-state index in [1.165, 1.54) is 0 Å². The van der Waals surface area contributed by atoms with Gasteiger partial charge in [0.15, 0.2) is 0 Å². The molecule has 0 spiro atoms. The van der Waals surface area contributed by atoms with Gasteiger partial charge in [-0.05, 0) is 107 Å². The van der Waals surface area contributed by atoms with Crippen LogP contribution in [0.25, 0.3) is 33.1 Å². The van der Waals surface area contributed by atoms with Gasteiger partial charge in [0.1, 0.15) is 57.2 Å². The average molecular weight is 1020 g/mol. The lowest BCUT2D eigenvalue weighted by molar-refractivity contribution is 0.325. The number of fused-ring (bicyclic) bond motifs is 3. The molecular weight excluding hydrogens is 943 g/mol. The molecule has 7 aromatic rings. The van der Waals surface area contributed by atoms with E-state index in [0.29, 0.717) is 57.4 Å². The summed E-state index contributed by atoms with van der Waals surface area (Å²) in [5.41, 5.74) is 6.87. The molecular formula is C60H74O10P2. The molecule has 0 N–H and O–H groups in total. The van der Waals surface area contributed by atoms with Gasteiger partial charge in [-0.1, -0.05) is 119 Å². The Bertz CT molecular complexity index is 2980. The van der Waals surface area contributed by atoms with E-state index in [1.807, 2.05) is 105 Å². The highest BCUT2D eigenvalue weighted by Gasteiger charge is 2.33. The van der Waals surface area contributed by atoms with E-state index in [1.54, 1.807) is 28.4 Å². The van der Waals surface area contributed by atoms with Gasteiger partial charge in [0.2, 0.25) is 0 Å². The van der Waals surface area contributed by atoms with Crippen LogP contribution in [0, 0.1) is 13.8 Å². The maximum Gasteiger partial charge on any atom is 0.453 e. The van der Waals surface area contributed by atoms with Crippen LogP contribution in [0.1, 0.15) is 116 Å². The van der Waals surface area contributed by atoms with Crippen LogP contribution in [-0.4, -0.2) is 41.2 Å². The summed E-state index contributed by atoms with van der Waals surface area (Å²) in [4.78, 5) is 0. The van der Waals surface area contributed by atoms with Gasteiger partial charge in [-0.2, -0.15) is 0 Å². The van der Waals surface area contributed by atoms with Crippen molar-refractivity contribution in [3.8, 4) is 57.1 Å². The van der Waals surface area contributed by atoms with Crippen LogP contribution in [0.5, 0.6) is 46.0 Å². The Morgan fingerprint density at radius 2 is 0.819 bits per heavy atom. The van der Waals surface area contributed by atoms with Crippen LogP contribution in [0.15, 0.2) is 105 Å². The summed E-state index contributed by atoms with van der Waals surface area (Å²) in [6.07, 6.45) is 0.454. The summed E-state index contributed by atoms with van der Waals surface area (Å²) in [6.45, 7) is 30.3. The van der Waals surface area contributed by atoms with Gasteiger partial charge in [0.05, 0.1) is 41.2 Å². The van der Waals surface area contributed by atoms with Crippen LogP contribution in [-0.2, 0) is 21.7 Å². The normalized spacial score (nSPS) is 12.3. The number of rotatable bonds is 15. The van der Waals surface area contributed by atoms with E-state index in [2.05, 4.69) is 89.2 Å². The number of aryl methyl sites for hydroxylation is 2. The van der Waals surface area contributed by atoms with E-state index in [-0.39, 0.29) is 17.4 Å². The third-order valence-corrected chi connectivity index (χ3v) is 15.0. The number of benzene rings is 6. The minimum atomic E-state index is -2.24. The molecule has 0 bridgehead atoms. The molecule has 72 heavy (non-hydrogen) atoms. The zero-order chi connectivity index (χ0) is 52.5. The molecule has 0 fully saturated rings. The second kappa shape index (κ2) is 21.3. The summed E-state index contributed by atoms with van der Waals surface area (Å²) >= 11 is 0. The van der Waals surface area contributed by atoms with E-state index >= 15 is 0 Å². The van der Waals surface area contributed by atoms with Gasteiger partial charge in [0.25, 0.3) is 8.38 Å². The van der Waals surface area contributed by atoms with Gasteiger partial charge in [0, 0.05) is 44.2 Å². The fraction of sp³-hybridized carbons (Fsp3) is 0.400. The lowest BCUT2D eigenvalue weighted by Crippen LogP contribution is -2.17. The van der Waals surface area contributed by atoms with Crippen LogP contribution >= 0.6 is 16.6 Å². The highest BCUT2D eigenvalue weighted by Crippen LogP contribution is 2.53. The quantitative estimate of drug-likeness (QED) is 0.0923. The van der Waals surface area contributed by atoms with E-state index < -0.39 is 27.4 Å². The second-order valence-corrected chi connectivity index (χ2v) is 24.8. The van der Waals surface area contributed by atoms with Crippen molar-refractivity contribution in [1.29, 1.82) is 0 Å². The maximum atomic E-state index is 7.46. The second-order valence-electron chi connectivity index (χ2n) is 22.3. The molecule has 0 amide bonds. The highest BCUT2D eigenvalue weighted by molar-refractivity contribution is 7.48. The van der Waals surface area contributed by atoms with Crippen LogP contribution in [0.4, 0.5) is 0 Å². The van der Waals surface area contributed by atoms with Gasteiger partial charge in [-0.15, -0.1) is 0 Å². The smallest absolute Gasteiger partial charge is 0.453 e. The lowest BCUT2D eigenvalue weighted by Gasteiger charge is -2.29. The Kier molecular flexibility index (Phi) is 15.9. The maximum absolute atomic E-state index is 7.46. The SMILES string of the molecule is COc1cc(-c2cc(OC)cc(C(C)(C)C)c2Op2oc3c(C(C)(C)C)cc(OC)cc3c3cc(OC)cc(C(C)(C)C)c3o2)c(OCCP(Oc2ccccc2C)Oc2ccccc2C)c(C(C)(C)C)c1. The predicted octanol–water partition coefficient (Wildman–Crippen LogP) is 17.5. The fourth-order valence-corrected chi connectivity index (χ4v) is 11.0. The monoisotopic (exact) mass is 1020 g/mol. The number of methoxy groups -OCH3 is 4. The molecule has 1 aromatic heterocycles. The minimum absolute atomic E-state index is 0.267. The van der Waals surface area contributed by atoms with Crippen LogP contribution in [0.2, 0.25) is 0 Å². The van der Waals surface area contributed by atoms with Crippen molar-refractivity contribution in [1.82, 2.24) is 0 Å². The van der Waals surface area contributed by atoms with Gasteiger partial charge in [-0.25, -0.2) is 0 Å². The molecule has 0 radical (unpaired) electrons. The van der Waals surface area contributed by atoms with E-state index in [9.17, 15) is 0 Å². The zero-order valence-electron chi connectivity index (χ0n) is 45.6. The van der Waals surface area contributed by atoms with Crippen LogP contribution in [0.3, 0.4) is 0 Å². The molecule has 1 heterocycles. The van der Waals surface area contributed by atoms with Crippen molar-refractivity contribution in [3.63, 3.8) is 0 Å². The van der Waals surface area contributed by atoms with Gasteiger partial charge >= 0.3 is 8.24 Å².